The van der Waals surface area contributed by atoms with Crippen molar-refractivity contribution in [2.24, 2.45) is 0 Å². The quantitative estimate of drug-likeness (QED) is 0.238. The van der Waals surface area contributed by atoms with Crippen LogP contribution in [0.5, 0.6) is 34.5 Å². The monoisotopic (exact) mass is 512 g/mol. The fourth-order valence-corrected chi connectivity index (χ4v) is 5.07. The normalized spacial score (nSPS) is 11.7. The lowest BCUT2D eigenvalue weighted by molar-refractivity contribution is -0.264. The van der Waals surface area contributed by atoms with E-state index < -0.39 is 45.4 Å². The first-order valence-corrected chi connectivity index (χ1v) is 11.2. The molecule has 6 aromatic rings. The Morgan fingerprint density at radius 1 is 0.553 bits per heavy atom. The Hall–Kier alpha value is -5.38. The van der Waals surface area contributed by atoms with E-state index in [1.54, 1.807) is 0 Å². The molecule has 38 heavy (non-hydrogen) atoms. The van der Waals surface area contributed by atoms with Crippen LogP contribution >= 0.6 is 0 Å². The van der Waals surface area contributed by atoms with Gasteiger partial charge in [-0.25, -0.2) is 0 Å². The van der Waals surface area contributed by atoms with Crippen LogP contribution in [0, 0.1) is 13.8 Å². The molecule has 2 aromatic heterocycles. The van der Waals surface area contributed by atoms with E-state index in [0.717, 1.165) is 12.1 Å². The van der Waals surface area contributed by atoms with Gasteiger partial charge in [-0.2, -0.15) is 0 Å². The molecule has 0 aliphatic rings. The van der Waals surface area contributed by atoms with Gasteiger partial charge >= 0.3 is 0 Å². The van der Waals surface area contributed by atoms with E-state index in [1.165, 1.54) is 38.1 Å². The zero-order valence-corrected chi connectivity index (χ0v) is 19.7. The van der Waals surface area contributed by atoms with Crippen molar-refractivity contribution in [1.82, 2.24) is 0 Å². The molecule has 4 aromatic carbocycles. The molecule has 0 atom stereocenters. The van der Waals surface area contributed by atoms with Crippen LogP contribution in [0.2, 0.25) is 0 Å². The highest BCUT2D eigenvalue weighted by Gasteiger charge is 2.23. The standard InChI is InChI=1S/C28H18O10/c1-9-3-13(29)25-19(37-9)5-11-21(15(31)7-17(33)23(11)27(25)35)22-12-6-20-26(14(30)4-10(2)38-20)28(36)24(12)18(34)8-16(22)32/h3-8,29-30,33-36H,1-2H3/p-2. The van der Waals surface area contributed by atoms with Gasteiger partial charge < -0.3 is 39.5 Å². The van der Waals surface area contributed by atoms with E-state index in [4.69, 9.17) is 8.83 Å². The summed E-state index contributed by atoms with van der Waals surface area (Å²) in [4.78, 5) is 26.6. The molecule has 2 heterocycles. The summed E-state index contributed by atoms with van der Waals surface area (Å²) in [6.07, 6.45) is 0. The molecule has 0 spiro atoms. The number of phenols is 2. The molecule has 10 nitrogen and oxygen atoms in total. The van der Waals surface area contributed by atoms with E-state index in [-0.39, 0.29) is 66.1 Å². The van der Waals surface area contributed by atoms with Gasteiger partial charge in [-0.3, -0.25) is 9.59 Å². The summed E-state index contributed by atoms with van der Waals surface area (Å²) in [5.41, 5.74) is -2.59. The second kappa shape index (κ2) is 7.56. The number of benzene rings is 4. The lowest BCUT2D eigenvalue weighted by atomic mass is 9.90. The van der Waals surface area contributed by atoms with Crippen LogP contribution in [0.1, 0.15) is 11.5 Å². The Balaban J connectivity index is 1.89. The molecular weight excluding hydrogens is 496 g/mol. The van der Waals surface area contributed by atoms with Crippen LogP contribution in [0.25, 0.3) is 54.6 Å². The lowest BCUT2D eigenvalue weighted by Crippen LogP contribution is -2.13. The first kappa shape index (κ1) is 23.0. The van der Waals surface area contributed by atoms with Crippen LogP contribution < -0.4 is 21.1 Å². The summed E-state index contributed by atoms with van der Waals surface area (Å²) in [6.45, 7) is 3.06. The number of aromatic hydroxyl groups is 4. The number of fused-ring (bicyclic) bond motifs is 4. The van der Waals surface area contributed by atoms with Crippen LogP contribution in [0.15, 0.2) is 54.8 Å². The highest BCUT2D eigenvalue weighted by molar-refractivity contribution is 6.17. The molecular formula is C28H16O10-2. The fraction of sp³-hybridized carbons (Fsp3) is 0.0714. The molecule has 0 fully saturated rings. The second-order valence-corrected chi connectivity index (χ2v) is 9.03. The summed E-state index contributed by atoms with van der Waals surface area (Å²) in [5, 5.41) is 67.0. The van der Waals surface area contributed by atoms with Crippen molar-refractivity contribution in [2.75, 3.05) is 0 Å². The van der Waals surface area contributed by atoms with E-state index in [9.17, 15) is 40.2 Å². The van der Waals surface area contributed by atoms with Gasteiger partial charge in [0.1, 0.15) is 45.7 Å². The van der Waals surface area contributed by atoms with Crippen molar-refractivity contribution in [3.63, 3.8) is 0 Å². The maximum absolute atomic E-state index is 13.3. The van der Waals surface area contributed by atoms with E-state index in [2.05, 4.69) is 0 Å². The summed E-state index contributed by atoms with van der Waals surface area (Å²) in [6, 6.07) is 6.44. The molecule has 4 N–H and O–H groups in total. The Kier molecular flexibility index (Phi) is 4.58. The second-order valence-electron chi connectivity index (χ2n) is 9.03. The van der Waals surface area contributed by atoms with Crippen LogP contribution in [-0.4, -0.2) is 20.4 Å². The molecule has 0 aliphatic heterocycles. The van der Waals surface area contributed by atoms with Crippen molar-refractivity contribution in [3.05, 3.63) is 68.4 Å². The predicted molar refractivity (Wildman–Crippen MR) is 134 cm³/mol. The van der Waals surface area contributed by atoms with Gasteiger partial charge in [-0.1, -0.05) is 11.5 Å². The van der Waals surface area contributed by atoms with Gasteiger partial charge in [0.2, 0.25) is 0 Å². The molecule has 0 amide bonds. The van der Waals surface area contributed by atoms with Gasteiger partial charge in [0.25, 0.3) is 0 Å². The summed E-state index contributed by atoms with van der Waals surface area (Å²) >= 11 is 0. The van der Waals surface area contributed by atoms with Crippen LogP contribution in [0.4, 0.5) is 0 Å². The first-order chi connectivity index (χ1) is 18.0. The zero-order valence-electron chi connectivity index (χ0n) is 19.7. The average molecular weight is 512 g/mol. The predicted octanol–water partition coefficient (Wildman–Crippen LogP) is 3.46. The van der Waals surface area contributed by atoms with E-state index in [1.807, 2.05) is 0 Å². The number of aryl methyl sites for hydroxylation is 2. The smallest absolute Gasteiger partial charge is 0.190 e. The van der Waals surface area contributed by atoms with Gasteiger partial charge in [0.05, 0.1) is 10.8 Å². The maximum Gasteiger partial charge on any atom is 0.190 e. The zero-order chi connectivity index (χ0) is 27.2. The van der Waals surface area contributed by atoms with Crippen molar-refractivity contribution in [2.45, 2.75) is 13.8 Å². The van der Waals surface area contributed by atoms with Crippen molar-refractivity contribution in [3.8, 4) is 45.6 Å². The molecule has 0 unspecified atom stereocenters. The molecule has 10 heteroatoms. The Bertz CT molecular complexity index is 2000. The van der Waals surface area contributed by atoms with Gasteiger partial charge in [0, 0.05) is 56.9 Å². The van der Waals surface area contributed by atoms with Gasteiger partial charge in [-0.05, 0) is 26.0 Å². The van der Waals surface area contributed by atoms with Gasteiger partial charge in [-0.15, -0.1) is 0 Å². The summed E-state index contributed by atoms with van der Waals surface area (Å²) in [5.74, 6) is -3.36. The third-order valence-electron chi connectivity index (χ3n) is 6.55. The SMILES string of the molecule is Cc1cc(O)c2c([O-])c3c(O)cc(=O)c(-c4c(=O)cc(O)c5c([O-])c6c(O)cc(C)oc6cc45)c3cc2o1. The minimum atomic E-state index is -0.855. The lowest BCUT2D eigenvalue weighted by Gasteiger charge is -2.20. The fourth-order valence-electron chi connectivity index (χ4n) is 5.07. The van der Waals surface area contributed by atoms with Crippen molar-refractivity contribution >= 4 is 43.5 Å². The van der Waals surface area contributed by atoms with Gasteiger partial charge in [0.15, 0.2) is 10.9 Å². The molecule has 0 saturated heterocycles. The third-order valence-corrected chi connectivity index (χ3v) is 6.55. The molecule has 0 aliphatic carbocycles. The van der Waals surface area contributed by atoms with Crippen LogP contribution in [0.3, 0.4) is 0 Å². The summed E-state index contributed by atoms with van der Waals surface area (Å²) < 4.78 is 11.2. The van der Waals surface area contributed by atoms with Crippen molar-refractivity contribution in [1.29, 1.82) is 0 Å². The number of rotatable bonds is 1. The van der Waals surface area contributed by atoms with E-state index >= 15 is 0 Å². The molecule has 0 bridgehead atoms. The largest absolute Gasteiger partial charge is 0.871 e. The summed E-state index contributed by atoms with van der Waals surface area (Å²) in [7, 11) is 0. The molecule has 0 radical (unpaired) electrons. The average Bonchev–Trinajstić information content (AvgIpc) is 2.79. The molecule has 190 valence electrons. The van der Waals surface area contributed by atoms with E-state index in [0.29, 0.717) is 0 Å². The number of hydrogen-bond donors (Lipinski definition) is 4. The maximum atomic E-state index is 13.3. The number of hydrogen-bond acceptors (Lipinski definition) is 10. The van der Waals surface area contributed by atoms with Crippen molar-refractivity contribution < 1.29 is 39.5 Å². The first-order valence-electron chi connectivity index (χ1n) is 11.2. The third kappa shape index (κ3) is 3.00. The molecule has 6 rings (SSSR count). The highest BCUT2D eigenvalue weighted by atomic mass is 16.3. The Labute approximate surface area is 211 Å². The number of phenolic OH excluding ortho intramolecular Hbond substituents is 2. The highest BCUT2D eigenvalue weighted by Crippen LogP contribution is 2.47. The molecule has 0 saturated carbocycles. The minimum absolute atomic E-state index is 0.104. The minimum Gasteiger partial charge on any atom is -0.871 e. The Morgan fingerprint density at radius 3 is 1.26 bits per heavy atom. The topological polar surface area (TPSA) is 187 Å². The van der Waals surface area contributed by atoms with Crippen LogP contribution in [-0.2, 0) is 0 Å². The Morgan fingerprint density at radius 2 is 0.895 bits per heavy atom.